The molecule has 2 aromatic rings. The molecule has 0 aliphatic heterocycles. The van der Waals surface area contributed by atoms with Crippen LogP contribution in [0.4, 0.5) is 9.59 Å². The molecule has 0 unspecified atom stereocenters. The van der Waals surface area contributed by atoms with Crippen molar-refractivity contribution in [3.8, 4) is 0 Å². The second-order valence-corrected chi connectivity index (χ2v) is 18.6. The monoisotopic (exact) mass is 1140 g/mol. The molecule has 0 heterocycles. The lowest BCUT2D eigenvalue weighted by molar-refractivity contribution is -0.144. The van der Waals surface area contributed by atoms with E-state index in [0.29, 0.717) is 12.0 Å². The summed E-state index contributed by atoms with van der Waals surface area (Å²) < 4.78 is 15.4. The number of alkyl carbamates (subject to hydrolysis) is 2. The van der Waals surface area contributed by atoms with Gasteiger partial charge in [0, 0.05) is 19.4 Å². The van der Waals surface area contributed by atoms with Gasteiger partial charge in [0.25, 0.3) is 0 Å². The molecule has 29 heteroatoms. The minimum absolute atomic E-state index is 0.0248. The molecule has 0 bridgehead atoms. The number of rotatable bonds is 37. The number of nitrogens with one attached hydrogen (secondary N) is 9. The number of esters is 1. The fourth-order valence-corrected chi connectivity index (χ4v) is 7.21. The number of hydrogen-bond acceptors (Lipinski definition) is 17. The van der Waals surface area contributed by atoms with Crippen LogP contribution in [0.5, 0.6) is 0 Å². The lowest BCUT2D eigenvalue weighted by atomic mass is 10.0. The lowest BCUT2D eigenvalue weighted by Crippen LogP contribution is -2.60. The summed E-state index contributed by atoms with van der Waals surface area (Å²) in [6.07, 6.45) is -4.87. The van der Waals surface area contributed by atoms with Crippen molar-refractivity contribution in [2.24, 2.45) is 11.7 Å². The van der Waals surface area contributed by atoms with Crippen LogP contribution in [-0.4, -0.2) is 161 Å². The number of aliphatic carboxylic acids is 2. The summed E-state index contributed by atoms with van der Waals surface area (Å²) in [7, 11) is 0. The highest BCUT2D eigenvalue weighted by Crippen LogP contribution is 2.10. The molecule has 2 aromatic carbocycles. The molecule has 10 amide bonds. The summed E-state index contributed by atoms with van der Waals surface area (Å²) in [5.74, 6) is -12.8. The van der Waals surface area contributed by atoms with Crippen molar-refractivity contribution in [1.29, 1.82) is 0 Å². The zero-order valence-electron chi connectivity index (χ0n) is 45.4. The summed E-state index contributed by atoms with van der Waals surface area (Å²) in [4.78, 5) is 167. The number of amides is 10. The van der Waals surface area contributed by atoms with Crippen molar-refractivity contribution < 1.29 is 91.9 Å². The van der Waals surface area contributed by atoms with Crippen LogP contribution in [0.2, 0.25) is 0 Å². The number of carboxylic acids is 2. The first-order valence-electron chi connectivity index (χ1n) is 25.9. The SMILES string of the molecule is CCOC(=O)CC[C@H](NC(=O)[C@H](CCC(=O)O)NC(=O)[C@H](CC(=O)O)NC(=O)CNC(=O)[C@H](CCCCNC(=O)OCc1ccccc1)NC(=O)OCc1ccccc1)C(=O)N[C@@H](CO)C(=O)N[C@@H](CC(C)C)C(=O)N[C@@H](C)C(N)=O. The van der Waals surface area contributed by atoms with Gasteiger partial charge in [-0.2, -0.15) is 0 Å². The number of carboxylic acid groups (broad SMARTS) is 2. The third-order valence-electron chi connectivity index (χ3n) is 11.5. The van der Waals surface area contributed by atoms with Crippen molar-refractivity contribution in [2.45, 2.75) is 141 Å². The standard InChI is InChI=1S/C52H74N10O19/c1-5-79-43(69)22-20-36(47(73)61-39(27-63)50(76)60-37(24-30(2)3)48(74)56-31(4)44(53)70)58-46(72)35(19-21-41(65)66)59-49(75)38(25-42(67)68)57-40(64)26-55-45(71)34(62-52(78)81-29-33-16-10-7-11-17-33)18-12-13-23-54-51(77)80-28-32-14-8-6-9-15-32/h6-11,14-17,30-31,34-39,63H,5,12-13,18-29H2,1-4H3,(H2,53,70)(H,54,77)(H,55,71)(H,56,74)(H,57,64)(H,58,72)(H,59,75)(H,60,76)(H,61,73)(H,62,78)(H,65,66)(H,67,68)/t31-,34-,35-,36-,37-,38-,39-/m0/s1. The first-order valence-corrected chi connectivity index (χ1v) is 25.9. The molecule has 7 atom stereocenters. The number of carbonyl (C=O) groups is 13. The normalized spacial score (nSPS) is 13.3. The molecular formula is C52H74N10O19. The predicted octanol–water partition coefficient (Wildman–Crippen LogP) is -1.37. The molecule has 0 saturated carbocycles. The van der Waals surface area contributed by atoms with Crippen LogP contribution in [0.15, 0.2) is 60.7 Å². The van der Waals surface area contributed by atoms with Crippen LogP contribution in [0, 0.1) is 5.92 Å². The van der Waals surface area contributed by atoms with Crippen LogP contribution in [-0.2, 0) is 80.2 Å². The largest absolute Gasteiger partial charge is 0.481 e. The van der Waals surface area contributed by atoms with Crippen molar-refractivity contribution >= 4 is 77.4 Å². The van der Waals surface area contributed by atoms with Gasteiger partial charge in [-0.05, 0) is 69.4 Å². The summed E-state index contributed by atoms with van der Waals surface area (Å²) in [5.41, 5.74) is 6.65. The maximum absolute atomic E-state index is 13.9. The highest BCUT2D eigenvalue weighted by molar-refractivity contribution is 5.98. The molecule has 0 fully saturated rings. The second kappa shape index (κ2) is 37.1. The number of nitrogens with two attached hydrogens (primary N) is 1. The number of hydrogen-bond donors (Lipinski definition) is 13. The van der Waals surface area contributed by atoms with Crippen molar-refractivity contribution in [1.82, 2.24) is 47.9 Å². The number of carbonyl (C=O) groups excluding carboxylic acids is 11. The fourth-order valence-electron chi connectivity index (χ4n) is 7.21. The zero-order valence-corrected chi connectivity index (χ0v) is 45.4. The van der Waals surface area contributed by atoms with E-state index >= 15 is 0 Å². The molecule has 0 aliphatic carbocycles. The van der Waals surface area contributed by atoms with E-state index in [9.17, 15) is 77.6 Å². The lowest BCUT2D eigenvalue weighted by Gasteiger charge is -2.27. The van der Waals surface area contributed by atoms with Gasteiger partial charge in [0.1, 0.15) is 55.5 Å². The number of aliphatic hydroxyl groups excluding tert-OH is 1. The summed E-state index contributed by atoms with van der Waals surface area (Å²) in [6.45, 7) is 4.17. The molecule has 2 rings (SSSR count). The Kier molecular flexibility index (Phi) is 31.2. The van der Waals surface area contributed by atoms with Gasteiger partial charge in [-0.15, -0.1) is 0 Å². The van der Waals surface area contributed by atoms with E-state index in [1.807, 2.05) is 6.07 Å². The Bertz CT molecular complexity index is 2450. The molecule has 0 radical (unpaired) electrons. The van der Waals surface area contributed by atoms with E-state index in [1.54, 1.807) is 68.4 Å². The third-order valence-corrected chi connectivity index (χ3v) is 11.5. The molecular weight excluding hydrogens is 1070 g/mol. The smallest absolute Gasteiger partial charge is 0.408 e. The third kappa shape index (κ3) is 28.5. The molecule has 0 saturated heterocycles. The number of benzene rings is 2. The van der Waals surface area contributed by atoms with Gasteiger partial charge in [-0.3, -0.25) is 52.7 Å². The van der Waals surface area contributed by atoms with Crippen LogP contribution >= 0.6 is 0 Å². The Morgan fingerprint density at radius 1 is 0.519 bits per heavy atom. The van der Waals surface area contributed by atoms with Gasteiger partial charge in [0.2, 0.25) is 47.3 Å². The Hall–Kier alpha value is -8.89. The first-order chi connectivity index (χ1) is 38.4. The Balaban J connectivity index is 2.25. The minimum atomic E-state index is -1.99. The van der Waals surface area contributed by atoms with Crippen LogP contribution in [0.25, 0.3) is 0 Å². The van der Waals surface area contributed by atoms with E-state index in [-0.39, 0.29) is 51.5 Å². The van der Waals surface area contributed by atoms with Crippen LogP contribution in [0.3, 0.4) is 0 Å². The maximum Gasteiger partial charge on any atom is 0.408 e. The topological polar surface area (TPSA) is 445 Å². The average Bonchev–Trinajstić information content (AvgIpc) is 3.42. The Morgan fingerprint density at radius 2 is 1.01 bits per heavy atom. The van der Waals surface area contributed by atoms with E-state index in [0.717, 1.165) is 5.56 Å². The summed E-state index contributed by atoms with van der Waals surface area (Å²) >= 11 is 0. The molecule has 0 aliphatic rings. The Morgan fingerprint density at radius 3 is 1.53 bits per heavy atom. The molecule has 29 nitrogen and oxygen atoms in total. The molecule has 81 heavy (non-hydrogen) atoms. The van der Waals surface area contributed by atoms with Crippen molar-refractivity contribution in [2.75, 3.05) is 26.3 Å². The van der Waals surface area contributed by atoms with Crippen LogP contribution < -0.4 is 53.6 Å². The minimum Gasteiger partial charge on any atom is -0.481 e. The van der Waals surface area contributed by atoms with Crippen molar-refractivity contribution in [3.63, 3.8) is 0 Å². The number of ether oxygens (including phenoxy) is 3. The van der Waals surface area contributed by atoms with E-state index in [1.165, 1.54) is 13.8 Å². The zero-order chi connectivity index (χ0) is 60.4. The van der Waals surface area contributed by atoms with Crippen LogP contribution in [0.1, 0.15) is 96.6 Å². The molecule has 446 valence electrons. The summed E-state index contributed by atoms with van der Waals surface area (Å²) in [6, 6.07) is 6.29. The van der Waals surface area contributed by atoms with Crippen molar-refractivity contribution in [3.05, 3.63) is 71.8 Å². The Labute approximate surface area is 466 Å². The number of aliphatic hydroxyl groups is 1. The quantitative estimate of drug-likeness (QED) is 0.0211. The first kappa shape index (κ1) is 68.2. The van der Waals surface area contributed by atoms with E-state index < -0.39 is 165 Å². The molecule has 0 spiro atoms. The maximum atomic E-state index is 13.9. The predicted molar refractivity (Wildman–Crippen MR) is 283 cm³/mol. The number of unbranched alkanes of at least 4 members (excludes halogenated alkanes) is 1. The van der Waals surface area contributed by atoms with Gasteiger partial charge in [0.15, 0.2) is 0 Å². The fraction of sp³-hybridized carbons (Fsp3) is 0.519. The highest BCUT2D eigenvalue weighted by atomic mass is 16.6. The van der Waals surface area contributed by atoms with Gasteiger partial charge in [-0.25, -0.2) is 9.59 Å². The summed E-state index contributed by atoms with van der Waals surface area (Å²) in [5, 5.41) is 50.2. The van der Waals surface area contributed by atoms with Gasteiger partial charge in [-0.1, -0.05) is 74.5 Å². The number of primary amides is 1. The van der Waals surface area contributed by atoms with Gasteiger partial charge < -0.3 is 83.1 Å². The second-order valence-electron chi connectivity index (χ2n) is 18.6. The molecule has 14 N–H and O–H groups in total. The average molecular weight is 1140 g/mol. The molecule has 0 aromatic heterocycles. The van der Waals surface area contributed by atoms with E-state index in [4.69, 9.17) is 19.9 Å². The van der Waals surface area contributed by atoms with E-state index in [2.05, 4.69) is 47.9 Å². The highest BCUT2D eigenvalue weighted by Gasteiger charge is 2.34. The van der Waals surface area contributed by atoms with Gasteiger partial charge >= 0.3 is 30.1 Å². The van der Waals surface area contributed by atoms with Gasteiger partial charge in [0.05, 0.1) is 26.2 Å².